The van der Waals surface area contributed by atoms with Gasteiger partial charge in [-0.15, -0.1) is 0 Å². The fraction of sp³-hybridized carbons (Fsp3) is 0.344. The number of aryl methyl sites for hydroxylation is 1. The van der Waals surface area contributed by atoms with Gasteiger partial charge in [0.2, 0.25) is 0 Å². The maximum absolute atomic E-state index is 12.4. The third-order valence-corrected chi connectivity index (χ3v) is 6.29. The van der Waals surface area contributed by atoms with Crippen molar-refractivity contribution in [1.82, 2.24) is 0 Å². The molecule has 1 atom stereocenters. The summed E-state index contributed by atoms with van der Waals surface area (Å²) in [5.41, 5.74) is 8.53. The van der Waals surface area contributed by atoms with E-state index in [4.69, 9.17) is 4.74 Å². The Balaban J connectivity index is 2.41. The van der Waals surface area contributed by atoms with E-state index < -0.39 is 0 Å². The maximum Gasteiger partial charge on any atom is 0.155 e. The summed E-state index contributed by atoms with van der Waals surface area (Å²) in [6, 6.07) is 18.6. The predicted molar refractivity (Wildman–Crippen MR) is 146 cm³/mol. The number of carbonyl (C=O) groups is 1. The third kappa shape index (κ3) is 7.81. The highest BCUT2D eigenvalue weighted by atomic mass is 16.5. The van der Waals surface area contributed by atoms with Crippen LogP contribution in [0.4, 0.5) is 0 Å². The van der Waals surface area contributed by atoms with E-state index in [9.17, 15) is 4.79 Å². The number of hydrogen-bond acceptors (Lipinski definition) is 2. The number of benzene rings is 2. The van der Waals surface area contributed by atoms with Gasteiger partial charge in [-0.3, -0.25) is 4.79 Å². The zero-order chi connectivity index (χ0) is 25.1. The molecule has 0 N–H and O–H groups in total. The second-order valence-electron chi connectivity index (χ2n) is 8.90. The van der Waals surface area contributed by atoms with E-state index >= 15 is 0 Å². The Kier molecular flexibility index (Phi) is 11.0. The summed E-state index contributed by atoms with van der Waals surface area (Å²) in [4.78, 5) is 12.4. The van der Waals surface area contributed by atoms with Crippen molar-refractivity contribution in [3.63, 3.8) is 0 Å². The fourth-order valence-corrected chi connectivity index (χ4v) is 3.92. The van der Waals surface area contributed by atoms with Gasteiger partial charge in [-0.05, 0) is 85.1 Å². The number of rotatable bonds is 12. The Bertz CT molecular complexity index is 1070. The molecule has 1 unspecified atom stereocenters. The first-order valence-electron chi connectivity index (χ1n) is 12.3. The van der Waals surface area contributed by atoms with Crippen LogP contribution in [-0.4, -0.2) is 11.9 Å². The van der Waals surface area contributed by atoms with Crippen molar-refractivity contribution in [3.05, 3.63) is 112 Å². The topological polar surface area (TPSA) is 26.3 Å². The molecule has 2 aromatic rings. The van der Waals surface area contributed by atoms with Crippen molar-refractivity contribution in [2.45, 2.75) is 73.5 Å². The lowest BCUT2D eigenvalue weighted by molar-refractivity contribution is -0.113. The number of ether oxygens (including phenoxy) is 1. The Morgan fingerprint density at radius 1 is 1.00 bits per heavy atom. The lowest BCUT2D eigenvalue weighted by Gasteiger charge is -2.22. The molecule has 2 nitrogen and oxygen atoms in total. The van der Waals surface area contributed by atoms with Gasteiger partial charge in [0.1, 0.15) is 0 Å². The van der Waals surface area contributed by atoms with E-state index in [2.05, 4.69) is 82.8 Å². The largest absolute Gasteiger partial charge is 0.369 e. The second kappa shape index (κ2) is 13.7. The van der Waals surface area contributed by atoms with E-state index in [0.717, 1.165) is 47.1 Å². The van der Waals surface area contributed by atoms with Crippen LogP contribution >= 0.6 is 0 Å². The number of Topliss-reactive ketones (excluding diaryl/α,β-unsaturated/α-hetero) is 1. The molecular weight excluding hydrogens is 416 g/mol. The molecule has 0 bridgehead atoms. The van der Waals surface area contributed by atoms with Crippen molar-refractivity contribution < 1.29 is 9.53 Å². The Morgan fingerprint density at radius 3 is 2.24 bits per heavy atom. The molecule has 0 aliphatic carbocycles. The highest BCUT2D eigenvalue weighted by molar-refractivity contribution is 5.94. The van der Waals surface area contributed by atoms with Crippen LogP contribution in [0, 0.1) is 6.92 Å². The Morgan fingerprint density at radius 2 is 1.65 bits per heavy atom. The van der Waals surface area contributed by atoms with Gasteiger partial charge in [0.25, 0.3) is 0 Å². The van der Waals surface area contributed by atoms with Gasteiger partial charge in [0.15, 0.2) is 5.78 Å². The third-order valence-electron chi connectivity index (χ3n) is 6.29. The van der Waals surface area contributed by atoms with Crippen LogP contribution in [0.1, 0.15) is 70.6 Å². The summed E-state index contributed by atoms with van der Waals surface area (Å²) in [6.45, 7) is 17.0. The molecule has 0 fully saturated rings. The molecule has 0 aromatic heterocycles. The molecule has 0 saturated heterocycles. The number of ketones is 1. The van der Waals surface area contributed by atoms with Crippen LogP contribution < -0.4 is 0 Å². The minimum Gasteiger partial charge on any atom is -0.369 e. The molecule has 2 heteroatoms. The summed E-state index contributed by atoms with van der Waals surface area (Å²) in [5, 5.41) is 0. The summed E-state index contributed by atoms with van der Waals surface area (Å²) < 4.78 is 6.38. The average Bonchev–Trinajstić information content (AvgIpc) is 2.84. The molecule has 0 aliphatic heterocycles. The summed E-state index contributed by atoms with van der Waals surface area (Å²) in [6.07, 6.45) is 6.89. The molecule has 0 radical (unpaired) electrons. The van der Waals surface area contributed by atoms with Crippen LogP contribution in [0.25, 0.3) is 6.08 Å². The summed E-state index contributed by atoms with van der Waals surface area (Å²) >= 11 is 0. The number of carbonyl (C=O) groups excluding carboxylic acids is 1. The number of allylic oxidation sites excluding steroid dienone is 4. The second-order valence-corrected chi connectivity index (χ2v) is 8.90. The molecule has 0 heterocycles. The SMILES string of the molecule is C=C(/C(=C\c1ccccc1C)CC)/C(C)=C/C(=C(/C)C(C)=O)C(CCC)OCc1ccccc1. The lowest BCUT2D eigenvalue weighted by atomic mass is 9.91. The predicted octanol–water partition coefficient (Wildman–Crippen LogP) is 8.58. The average molecular weight is 457 g/mol. The quantitative estimate of drug-likeness (QED) is 0.236. The molecule has 0 amide bonds. The molecular formula is C32H40O2. The zero-order valence-electron chi connectivity index (χ0n) is 21.8. The molecule has 0 saturated carbocycles. The monoisotopic (exact) mass is 456 g/mol. The minimum absolute atomic E-state index is 0.0697. The molecule has 2 rings (SSSR count). The van der Waals surface area contributed by atoms with Crippen molar-refractivity contribution in [2.75, 3.05) is 0 Å². The Labute approximate surface area is 206 Å². The first kappa shape index (κ1) is 27.3. The van der Waals surface area contributed by atoms with Crippen molar-refractivity contribution in [2.24, 2.45) is 0 Å². The van der Waals surface area contributed by atoms with Gasteiger partial charge in [-0.25, -0.2) is 0 Å². The van der Waals surface area contributed by atoms with Crippen molar-refractivity contribution in [1.29, 1.82) is 0 Å². The van der Waals surface area contributed by atoms with Crippen LogP contribution in [0.15, 0.2) is 95.1 Å². The van der Waals surface area contributed by atoms with Gasteiger partial charge < -0.3 is 4.74 Å². The number of hydrogen-bond donors (Lipinski definition) is 0. The first-order chi connectivity index (χ1) is 16.3. The van der Waals surface area contributed by atoms with Crippen LogP contribution in [-0.2, 0) is 16.1 Å². The molecule has 0 aliphatic rings. The van der Waals surface area contributed by atoms with E-state index in [-0.39, 0.29) is 11.9 Å². The summed E-state index contributed by atoms with van der Waals surface area (Å²) in [7, 11) is 0. The molecule has 2 aromatic carbocycles. The first-order valence-corrected chi connectivity index (χ1v) is 12.3. The van der Waals surface area contributed by atoms with Crippen molar-refractivity contribution >= 4 is 11.9 Å². The van der Waals surface area contributed by atoms with E-state index in [1.54, 1.807) is 6.92 Å². The highest BCUT2D eigenvalue weighted by Gasteiger charge is 2.19. The van der Waals surface area contributed by atoms with Crippen molar-refractivity contribution in [3.8, 4) is 0 Å². The standard InChI is InChI=1S/C32H40O2/c1-8-15-32(34-22-28-17-11-10-12-18-28)31(26(6)27(7)33)20-24(4)25(5)29(9-2)21-30-19-14-13-16-23(30)3/h10-14,16-21,32H,5,8-9,15,22H2,1-4,6-7H3/b24-20+,29-21-,31-26+. The van der Waals surface area contributed by atoms with Gasteiger partial charge >= 0.3 is 0 Å². The normalized spacial score (nSPS) is 13.9. The van der Waals surface area contributed by atoms with Gasteiger partial charge in [-0.1, -0.05) is 93.6 Å². The Hall–Kier alpha value is -2.97. The van der Waals surface area contributed by atoms with Gasteiger partial charge in [0.05, 0.1) is 12.7 Å². The molecule has 34 heavy (non-hydrogen) atoms. The summed E-state index contributed by atoms with van der Waals surface area (Å²) in [5.74, 6) is 0.0697. The maximum atomic E-state index is 12.4. The molecule has 180 valence electrons. The smallest absolute Gasteiger partial charge is 0.155 e. The van der Waals surface area contributed by atoms with Crippen LogP contribution in [0.2, 0.25) is 0 Å². The van der Waals surface area contributed by atoms with Gasteiger partial charge in [0, 0.05) is 0 Å². The highest BCUT2D eigenvalue weighted by Crippen LogP contribution is 2.28. The van der Waals surface area contributed by atoms with Crippen LogP contribution in [0.3, 0.4) is 0 Å². The zero-order valence-corrected chi connectivity index (χ0v) is 21.8. The van der Waals surface area contributed by atoms with E-state index in [0.29, 0.717) is 6.61 Å². The fourth-order valence-electron chi connectivity index (χ4n) is 3.92. The van der Waals surface area contributed by atoms with E-state index in [1.165, 1.54) is 16.7 Å². The molecule has 0 spiro atoms. The van der Waals surface area contributed by atoms with Gasteiger partial charge in [-0.2, -0.15) is 0 Å². The minimum atomic E-state index is -0.151. The van der Waals surface area contributed by atoms with Crippen LogP contribution in [0.5, 0.6) is 0 Å². The lowest BCUT2D eigenvalue weighted by Crippen LogP contribution is -2.18. The van der Waals surface area contributed by atoms with E-state index in [1.807, 2.05) is 25.1 Å².